The first-order valence-corrected chi connectivity index (χ1v) is 10.3. The number of hydrogen-bond acceptors (Lipinski definition) is 6. The lowest BCUT2D eigenvalue weighted by Crippen LogP contribution is -2.21. The molecular weight excluding hydrogens is 451 g/mol. The van der Waals surface area contributed by atoms with Gasteiger partial charge in [0.1, 0.15) is 29.7 Å². The summed E-state index contributed by atoms with van der Waals surface area (Å²) < 4.78 is 17.0. The molecule has 6 nitrogen and oxygen atoms in total. The molecule has 162 valence electrons. The normalized spacial score (nSPS) is 14.9. The van der Waals surface area contributed by atoms with E-state index in [9.17, 15) is 10.4 Å². The number of phenolic OH excluding ortho intramolecular Hbond substituents is 1. The zero-order valence-corrected chi connectivity index (χ0v) is 18.4. The van der Waals surface area contributed by atoms with Gasteiger partial charge in [0, 0.05) is 11.6 Å². The molecule has 8 heteroatoms. The molecule has 0 radical (unpaired) electrons. The number of aromatic hydroxyl groups is 1. The highest BCUT2D eigenvalue weighted by Gasteiger charge is 2.31. The van der Waals surface area contributed by atoms with Crippen LogP contribution in [-0.4, -0.2) is 12.2 Å². The number of nitrogens with zero attached hydrogens (tertiary/aromatic N) is 1. The van der Waals surface area contributed by atoms with E-state index < -0.39 is 5.92 Å². The largest absolute Gasteiger partial charge is 0.508 e. The zero-order valence-electron chi connectivity index (χ0n) is 16.9. The fraction of sp³-hybridized carbons (Fsp3) is 0.125. The third-order valence-electron chi connectivity index (χ3n) is 5.10. The van der Waals surface area contributed by atoms with E-state index >= 15 is 0 Å². The molecule has 1 aliphatic rings. The third-order valence-corrected chi connectivity index (χ3v) is 5.84. The van der Waals surface area contributed by atoms with Crippen LogP contribution in [0, 0.1) is 11.3 Å². The number of halogens is 2. The lowest BCUT2D eigenvalue weighted by Gasteiger charge is -2.27. The molecule has 4 rings (SSSR count). The van der Waals surface area contributed by atoms with E-state index in [1.165, 1.54) is 19.2 Å². The fourth-order valence-electron chi connectivity index (χ4n) is 3.56. The predicted molar refractivity (Wildman–Crippen MR) is 121 cm³/mol. The molecule has 0 bridgehead atoms. The summed E-state index contributed by atoms with van der Waals surface area (Å²) >= 11 is 12.0. The van der Waals surface area contributed by atoms with Gasteiger partial charge in [0.25, 0.3) is 0 Å². The molecule has 0 amide bonds. The highest BCUT2D eigenvalue weighted by molar-refractivity contribution is 6.42. The number of fused-ring (bicyclic) bond motifs is 1. The Morgan fingerprint density at radius 3 is 2.59 bits per heavy atom. The lowest BCUT2D eigenvalue weighted by molar-refractivity contribution is 0.284. The minimum absolute atomic E-state index is 0.00508. The third kappa shape index (κ3) is 4.13. The van der Waals surface area contributed by atoms with Crippen LogP contribution in [0.1, 0.15) is 22.6 Å². The van der Waals surface area contributed by atoms with E-state index in [4.69, 9.17) is 43.1 Å². The maximum absolute atomic E-state index is 9.80. The molecule has 32 heavy (non-hydrogen) atoms. The number of benzene rings is 3. The number of methoxy groups -OCH3 is 1. The Balaban J connectivity index is 1.68. The molecule has 0 saturated carbocycles. The number of nitriles is 1. The summed E-state index contributed by atoms with van der Waals surface area (Å²) in [5.74, 6) is 0.961. The molecule has 3 aromatic carbocycles. The Bertz CT molecular complexity index is 1270. The van der Waals surface area contributed by atoms with E-state index in [1.807, 2.05) is 12.1 Å². The SMILES string of the molecule is COc1cc([C@H]2C(C#N)=C(N)Oc3cc(O)ccc32)ccc1OCc1ccc(Cl)c(Cl)c1. The van der Waals surface area contributed by atoms with Crippen molar-refractivity contribution >= 4 is 23.2 Å². The van der Waals surface area contributed by atoms with Gasteiger partial charge in [0.05, 0.1) is 23.1 Å². The summed E-state index contributed by atoms with van der Waals surface area (Å²) in [6, 6.07) is 17.5. The first kappa shape index (κ1) is 21.7. The van der Waals surface area contributed by atoms with E-state index in [2.05, 4.69) is 6.07 Å². The van der Waals surface area contributed by atoms with Crippen LogP contribution >= 0.6 is 23.2 Å². The summed E-state index contributed by atoms with van der Waals surface area (Å²) in [6.07, 6.45) is 0. The van der Waals surface area contributed by atoms with Crippen molar-refractivity contribution < 1.29 is 19.3 Å². The van der Waals surface area contributed by atoms with Gasteiger partial charge in [-0.3, -0.25) is 0 Å². The van der Waals surface area contributed by atoms with E-state index in [1.54, 1.807) is 30.3 Å². The second-order valence-electron chi connectivity index (χ2n) is 7.09. The van der Waals surface area contributed by atoms with Crippen LogP contribution in [0.4, 0.5) is 0 Å². The smallest absolute Gasteiger partial charge is 0.205 e. The first-order valence-electron chi connectivity index (χ1n) is 9.56. The summed E-state index contributed by atoms with van der Waals surface area (Å²) in [7, 11) is 1.54. The number of nitrogens with two attached hydrogens (primary N) is 1. The highest BCUT2D eigenvalue weighted by Crippen LogP contribution is 2.45. The summed E-state index contributed by atoms with van der Waals surface area (Å²) in [5, 5.41) is 20.4. The van der Waals surface area contributed by atoms with Gasteiger partial charge in [-0.15, -0.1) is 0 Å². The second-order valence-corrected chi connectivity index (χ2v) is 7.91. The van der Waals surface area contributed by atoms with Gasteiger partial charge >= 0.3 is 0 Å². The summed E-state index contributed by atoms with van der Waals surface area (Å²) in [6.45, 7) is 0.266. The number of phenols is 1. The van der Waals surface area contributed by atoms with Crippen LogP contribution in [0.15, 0.2) is 66.1 Å². The Kier molecular flexibility index (Phi) is 6.04. The van der Waals surface area contributed by atoms with Crippen molar-refractivity contribution in [3.8, 4) is 29.1 Å². The van der Waals surface area contributed by atoms with Crippen molar-refractivity contribution in [2.75, 3.05) is 7.11 Å². The Morgan fingerprint density at radius 2 is 1.88 bits per heavy atom. The van der Waals surface area contributed by atoms with Gasteiger partial charge in [0.15, 0.2) is 11.5 Å². The van der Waals surface area contributed by atoms with Gasteiger partial charge in [0.2, 0.25) is 5.88 Å². The Morgan fingerprint density at radius 1 is 1.06 bits per heavy atom. The number of hydrogen-bond donors (Lipinski definition) is 2. The Hall–Kier alpha value is -3.53. The maximum atomic E-state index is 9.80. The number of allylic oxidation sites excluding steroid dienone is 1. The minimum Gasteiger partial charge on any atom is -0.508 e. The van der Waals surface area contributed by atoms with Gasteiger partial charge in [-0.05, 0) is 41.5 Å². The Labute approximate surface area is 195 Å². The van der Waals surface area contributed by atoms with Crippen LogP contribution in [0.25, 0.3) is 0 Å². The molecule has 0 fully saturated rings. The predicted octanol–water partition coefficient (Wildman–Crippen LogP) is 5.50. The number of ether oxygens (including phenoxy) is 3. The van der Waals surface area contributed by atoms with E-state index in [0.29, 0.717) is 32.9 Å². The van der Waals surface area contributed by atoms with Gasteiger partial charge in [-0.2, -0.15) is 5.26 Å². The lowest BCUT2D eigenvalue weighted by atomic mass is 9.83. The van der Waals surface area contributed by atoms with E-state index in [-0.39, 0.29) is 23.8 Å². The van der Waals surface area contributed by atoms with Gasteiger partial charge in [-0.1, -0.05) is 41.4 Å². The monoisotopic (exact) mass is 468 g/mol. The zero-order chi connectivity index (χ0) is 22.8. The van der Waals surface area contributed by atoms with Crippen molar-refractivity contribution in [3.05, 3.63) is 92.8 Å². The molecular formula is C24H18Cl2N2O4. The molecule has 0 aliphatic carbocycles. The molecule has 0 saturated heterocycles. The molecule has 0 aromatic heterocycles. The van der Waals surface area contributed by atoms with Crippen LogP contribution in [0.5, 0.6) is 23.0 Å². The van der Waals surface area contributed by atoms with Crippen LogP contribution in [-0.2, 0) is 6.61 Å². The summed E-state index contributed by atoms with van der Waals surface area (Å²) in [5.41, 5.74) is 8.59. The van der Waals surface area contributed by atoms with Crippen molar-refractivity contribution in [3.63, 3.8) is 0 Å². The first-order chi connectivity index (χ1) is 15.4. The molecule has 1 aliphatic heterocycles. The van der Waals surface area contributed by atoms with Crippen LogP contribution < -0.4 is 19.9 Å². The van der Waals surface area contributed by atoms with Crippen molar-refractivity contribution in [1.29, 1.82) is 5.26 Å². The van der Waals surface area contributed by atoms with Gasteiger partial charge in [-0.25, -0.2) is 0 Å². The summed E-state index contributed by atoms with van der Waals surface area (Å²) in [4.78, 5) is 0. The molecule has 1 atom stereocenters. The van der Waals surface area contributed by atoms with Crippen LogP contribution in [0.2, 0.25) is 10.0 Å². The molecule has 3 N–H and O–H groups in total. The average Bonchev–Trinajstić information content (AvgIpc) is 2.78. The molecule has 1 heterocycles. The fourth-order valence-corrected chi connectivity index (χ4v) is 3.88. The van der Waals surface area contributed by atoms with Crippen LogP contribution in [0.3, 0.4) is 0 Å². The maximum Gasteiger partial charge on any atom is 0.205 e. The van der Waals surface area contributed by atoms with E-state index in [0.717, 1.165) is 11.1 Å². The van der Waals surface area contributed by atoms with Crippen molar-refractivity contribution in [2.45, 2.75) is 12.5 Å². The average molecular weight is 469 g/mol. The quantitative estimate of drug-likeness (QED) is 0.512. The topological polar surface area (TPSA) is 97.7 Å². The van der Waals surface area contributed by atoms with Gasteiger partial charge < -0.3 is 25.1 Å². The molecule has 3 aromatic rings. The molecule has 0 unspecified atom stereocenters. The number of rotatable bonds is 5. The van der Waals surface area contributed by atoms with Crippen molar-refractivity contribution in [1.82, 2.24) is 0 Å². The highest BCUT2D eigenvalue weighted by atomic mass is 35.5. The van der Waals surface area contributed by atoms with Crippen molar-refractivity contribution in [2.24, 2.45) is 5.73 Å². The molecule has 0 spiro atoms. The minimum atomic E-state index is -0.484. The second kappa shape index (κ2) is 8.91. The standard InChI is InChI=1S/C24H18Cl2N2O4/c1-30-22-9-14(3-7-20(22)31-12-13-2-6-18(25)19(26)8-13)23-16-5-4-15(29)10-21(16)32-24(28)17(23)11-27/h2-10,23,29H,12,28H2,1H3/t23-/m1/s1.